The highest BCUT2D eigenvalue weighted by Gasteiger charge is 2.22. The minimum absolute atomic E-state index is 0.121. The number of hydrogen-bond donors (Lipinski definition) is 1. The summed E-state index contributed by atoms with van der Waals surface area (Å²) in [4.78, 5) is 14.3. The Kier molecular flexibility index (Phi) is 6.13. The number of anilines is 1. The zero-order chi connectivity index (χ0) is 15.8. The van der Waals surface area contributed by atoms with E-state index in [1.54, 1.807) is 12.0 Å². The Balaban J connectivity index is 2.13. The lowest BCUT2D eigenvalue weighted by atomic mass is 10.1. The van der Waals surface area contributed by atoms with Crippen molar-refractivity contribution in [3.05, 3.63) is 66.2 Å². The molecule has 1 unspecified atom stereocenters. The number of carbonyl (C=O) groups excluding carboxylic acids is 1. The molecule has 2 N–H and O–H groups in total. The molecular formula is C18H22N2O2. The summed E-state index contributed by atoms with van der Waals surface area (Å²) in [5.41, 5.74) is 7.97. The highest BCUT2D eigenvalue weighted by Crippen LogP contribution is 2.15. The van der Waals surface area contributed by atoms with E-state index in [0.717, 1.165) is 12.1 Å². The van der Waals surface area contributed by atoms with Crippen molar-refractivity contribution in [2.75, 3.05) is 25.2 Å². The molecule has 22 heavy (non-hydrogen) atoms. The Labute approximate surface area is 131 Å². The van der Waals surface area contributed by atoms with E-state index in [2.05, 4.69) is 12.1 Å². The fraction of sp³-hybridized carbons (Fsp3) is 0.278. The van der Waals surface area contributed by atoms with Gasteiger partial charge in [0.15, 0.2) is 0 Å². The van der Waals surface area contributed by atoms with Gasteiger partial charge in [0, 0.05) is 19.3 Å². The minimum atomic E-state index is -0.652. The molecule has 0 spiro atoms. The second-order valence-electron chi connectivity index (χ2n) is 5.12. The third-order valence-corrected chi connectivity index (χ3v) is 3.46. The van der Waals surface area contributed by atoms with E-state index in [-0.39, 0.29) is 12.5 Å². The van der Waals surface area contributed by atoms with Crippen molar-refractivity contribution < 1.29 is 9.53 Å². The Morgan fingerprint density at radius 2 is 1.68 bits per heavy atom. The van der Waals surface area contributed by atoms with E-state index >= 15 is 0 Å². The first-order valence-corrected chi connectivity index (χ1v) is 7.37. The maximum atomic E-state index is 12.6. The lowest BCUT2D eigenvalue weighted by Gasteiger charge is -2.25. The third kappa shape index (κ3) is 4.41. The first kappa shape index (κ1) is 16.2. The minimum Gasteiger partial charge on any atom is -0.383 e. The number of ether oxygens (including phenoxy) is 1. The molecule has 2 aromatic carbocycles. The van der Waals surface area contributed by atoms with Crippen molar-refractivity contribution in [3.8, 4) is 0 Å². The van der Waals surface area contributed by atoms with Gasteiger partial charge < -0.3 is 15.4 Å². The molecule has 4 heteroatoms. The van der Waals surface area contributed by atoms with Crippen LogP contribution in [0.15, 0.2) is 60.7 Å². The quantitative estimate of drug-likeness (QED) is 0.853. The number of nitrogens with zero attached hydrogens (tertiary/aromatic N) is 1. The van der Waals surface area contributed by atoms with Gasteiger partial charge in [0.05, 0.1) is 6.61 Å². The summed E-state index contributed by atoms with van der Waals surface area (Å²) >= 11 is 0. The zero-order valence-corrected chi connectivity index (χ0v) is 12.8. The van der Waals surface area contributed by atoms with Crippen LogP contribution in [-0.4, -0.2) is 32.2 Å². The van der Waals surface area contributed by atoms with Gasteiger partial charge in [0.1, 0.15) is 6.04 Å². The van der Waals surface area contributed by atoms with E-state index < -0.39 is 6.04 Å². The summed E-state index contributed by atoms with van der Waals surface area (Å²) in [6.45, 7) is 0.803. The zero-order valence-electron chi connectivity index (χ0n) is 12.8. The summed E-state index contributed by atoms with van der Waals surface area (Å²) < 4.78 is 5.00. The molecule has 0 saturated heterocycles. The molecule has 2 aromatic rings. The predicted molar refractivity (Wildman–Crippen MR) is 88.8 cm³/mol. The molecule has 0 aliphatic rings. The molecule has 0 aromatic heterocycles. The largest absolute Gasteiger partial charge is 0.383 e. The predicted octanol–water partition coefficient (Wildman–Crippen LogP) is 2.24. The summed E-state index contributed by atoms with van der Waals surface area (Å²) in [6.07, 6.45) is 0.779. The maximum absolute atomic E-state index is 12.6. The summed E-state index contributed by atoms with van der Waals surface area (Å²) in [6, 6.07) is 19.1. The average Bonchev–Trinajstić information content (AvgIpc) is 2.57. The number of amides is 1. The molecule has 2 rings (SSSR count). The molecule has 0 bridgehead atoms. The molecular weight excluding hydrogens is 276 g/mol. The second kappa shape index (κ2) is 8.32. The number of benzene rings is 2. The van der Waals surface area contributed by atoms with Gasteiger partial charge in [-0.3, -0.25) is 4.79 Å². The lowest BCUT2D eigenvalue weighted by Crippen LogP contribution is -2.47. The van der Waals surface area contributed by atoms with Gasteiger partial charge in [-0.25, -0.2) is 0 Å². The van der Waals surface area contributed by atoms with Crippen LogP contribution in [0, 0.1) is 0 Å². The van der Waals surface area contributed by atoms with Gasteiger partial charge in [0.2, 0.25) is 5.91 Å². The number of carbonyl (C=O) groups is 1. The normalized spacial score (nSPS) is 11.9. The first-order valence-electron chi connectivity index (χ1n) is 7.37. The van der Waals surface area contributed by atoms with Gasteiger partial charge in [-0.05, 0) is 24.1 Å². The molecule has 0 aliphatic carbocycles. The Bertz CT molecular complexity index is 572. The van der Waals surface area contributed by atoms with E-state index in [1.807, 2.05) is 48.5 Å². The van der Waals surface area contributed by atoms with Gasteiger partial charge in [-0.2, -0.15) is 0 Å². The molecule has 0 radical (unpaired) electrons. The van der Waals surface area contributed by atoms with Crippen LogP contribution in [0.2, 0.25) is 0 Å². The Hall–Kier alpha value is -2.17. The van der Waals surface area contributed by atoms with Crippen LogP contribution < -0.4 is 10.6 Å². The van der Waals surface area contributed by atoms with Crippen LogP contribution in [0.1, 0.15) is 5.56 Å². The number of nitrogens with two attached hydrogens (primary N) is 1. The van der Waals surface area contributed by atoms with Crippen LogP contribution in [0.3, 0.4) is 0 Å². The van der Waals surface area contributed by atoms with Crippen molar-refractivity contribution in [2.24, 2.45) is 5.73 Å². The van der Waals surface area contributed by atoms with Gasteiger partial charge in [-0.15, -0.1) is 0 Å². The van der Waals surface area contributed by atoms with Crippen LogP contribution >= 0.6 is 0 Å². The smallest absolute Gasteiger partial charge is 0.246 e. The SMILES string of the molecule is COCC(N)C(=O)N(CCc1ccccc1)c1ccccc1. The monoisotopic (exact) mass is 298 g/mol. The molecule has 0 saturated carbocycles. The van der Waals surface area contributed by atoms with Gasteiger partial charge in [0.25, 0.3) is 0 Å². The lowest BCUT2D eigenvalue weighted by molar-refractivity contribution is -0.120. The molecule has 0 heterocycles. The van der Waals surface area contributed by atoms with Crippen molar-refractivity contribution in [1.29, 1.82) is 0 Å². The van der Waals surface area contributed by atoms with Crippen LogP contribution in [-0.2, 0) is 16.0 Å². The van der Waals surface area contributed by atoms with Crippen molar-refractivity contribution in [2.45, 2.75) is 12.5 Å². The Morgan fingerprint density at radius 1 is 1.09 bits per heavy atom. The molecule has 1 atom stereocenters. The topological polar surface area (TPSA) is 55.6 Å². The van der Waals surface area contributed by atoms with E-state index in [4.69, 9.17) is 10.5 Å². The number of hydrogen-bond acceptors (Lipinski definition) is 3. The first-order chi connectivity index (χ1) is 10.7. The number of rotatable bonds is 7. The van der Waals surface area contributed by atoms with Crippen molar-refractivity contribution in [3.63, 3.8) is 0 Å². The molecule has 1 amide bonds. The highest BCUT2D eigenvalue weighted by molar-refractivity contribution is 5.97. The second-order valence-corrected chi connectivity index (χ2v) is 5.12. The standard InChI is InChI=1S/C18H22N2O2/c1-22-14-17(19)18(21)20(16-10-6-3-7-11-16)13-12-15-8-4-2-5-9-15/h2-11,17H,12-14,19H2,1H3. The Morgan fingerprint density at radius 3 is 2.27 bits per heavy atom. The van der Waals surface area contributed by atoms with E-state index in [1.165, 1.54) is 5.56 Å². The maximum Gasteiger partial charge on any atom is 0.246 e. The molecule has 0 fully saturated rings. The number of para-hydroxylation sites is 1. The average molecular weight is 298 g/mol. The number of methoxy groups -OCH3 is 1. The highest BCUT2D eigenvalue weighted by atomic mass is 16.5. The van der Waals surface area contributed by atoms with Crippen molar-refractivity contribution in [1.82, 2.24) is 0 Å². The van der Waals surface area contributed by atoms with E-state index in [9.17, 15) is 4.79 Å². The van der Waals surface area contributed by atoms with Crippen LogP contribution in [0.25, 0.3) is 0 Å². The van der Waals surface area contributed by atoms with Gasteiger partial charge >= 0.3 is 0 Å². The van der Waals surface area contributed by atoms with E-state index in [0.29, 0.717) is 6.54 Å². The summed E-state index contributed by atoms with van der Waals surface area (Å²) in [7, 11) is 1.55. The summed E-state index contributed by atoms with van der Waals surface area (Å²) in [5, 5.41) is 0. The molecule has 0 aliphatic heterocycles. The van der Waals surface area contributed by atoms with Crippen molar-refractivity contribution >= 4 is 11.6 Å². The van der Waals surface area contributed by atoms with Crippen LogP contribution in [0.4, 0.5) is 5.69 Å². The fourth-order valence-corrected chi connectivity index (χ4v) is 2.31. The fourth-order valence-electron chi connectivity index (χ4n) is 2.31. The third-order valence-electron chi connectivity index (χ3n) is 3.46. The van der Waals surface area contributed by atoms with Crippen LogP contribution in [0.5, 0.6) is 0 Å². The van der Waals surface area contributed by atoms with Gasteiger partial charge in [-0.1, -0.05) is 48.5 Å². The summed E-state index contributed by atoms with van der Waals surface area (Å²) in [5.74, 6) is -0.121. The molecule has 4 nitrogen and oxygen atoms in total. The molecule has 116 valence electrons.